The minimum absolute atomic E-state index is 0. The van der Waals surface area contributed by atoms with Crippen molar-refractivity contribution in [1.29, 1.82) is 0 Å². The lowest BCUT2D eigenvalue weighted by Gasteiger charge is -2.12. The second kappa shape index (κ2) is 6.51. The largest absolute Gasteiger partial charge is 0.354 e. The zero-order valence-electron chi connectivity index (χ0n) is 13.2. The van der Waals surface area contributed by atoms with Gasteiger partial charge in [-0.1, -0.05) is 13.8 Å². The molecule has 2 N–H and O–H groups in total. The molecule has 0 aliphatic heterocycles. The third-order valence-corrected chi connectivity index (χ3v) is 3.16. The fourth-order valence-electron chi connectivity index (χ4n) is 2.00. The fraction of sp³-hybridized carbons (Fsp3) is 0.357. The van der Waals surface area contributed by atoms with E-state index >= 15 is 0 Å². The van der Waals surface area contributed by atoms with Crippen molar-refractivity contribution in [3.63, 3.8) is 0 Å². The first-order valence-electron chi connectivity index (χ1n) is 6.93. The Morgan fingerprint density at radius 3 is 2.52 bits per heavy atom. The van der Waals surface area contributed by atoms with Crippen LogP contribution in [-0.2, 0) is 7.05 Å². The molecule has 0 radical (unpaired) electrons. The maximum absolute atomic E-state index is 13.5. The van der Waals surface area contributed by atoms with Gasteiger partial charge in [-0.05, 0) is 17.5 Å². The van der Waals surface area contributed by atoms with Crippen molar-refractivity contribution in [2.45, 2.75) is 19.8 Å². The van der Waals surface area contributed by atoms with Crippen LogP contribution in [0, 0.1) is 5.95 Å². The highest BCUT2D eigenvalue weighted by molar-refractivity contribution is 6.03. The number of nitrogens with zero attached hydrogens (tertiary/aromatic N) is 4. The fourth-order valence-corrected chi connectivity index (χ4v) is 2.00. The number of nitrogens with one attached hydrogen (secondary N) is 2. The number of hydrogen-bond acceptors (Lipinski definition) is 5. The van der Waals surface area contributed by atoms with Crippen molar-refractivity contribution >= 4 is 17.6 Å². The Hall–Kier alpha value is -2.84. The highest BCUT2D eigenvalue weighted by Gasteiger charge is 2.19. The summed E-state index contributed by atoms with van der Waals surface area (Å²) >= 11 is 0. The number of aromatic nitrogens is 4. The molecule has 0 fully saturated rings. The smallest absolute Gasteiger partial charge is 0.271 e. The van der Waals surface area contributed by atoms with Gasteiger partial charge >= 0.3 is 0 Å². The van der Waals surface area contributed by atoms with Crippen molar-refractivity contribution in [3.8, 4) is 0 Å². The van der Waals surface area contributed by atoms with E-state index in [9.17, 15) is 14.0 Å². The molecule has 2 aromatic rings. The number of halogens is 1. The summed E-state index contributed by atoms with van der Waals surface area (Å²) in [5, 5.41) is 16.1. The van der Waals surface area contributed by atoms with Crippen LogP contribution in [0.3, 0.4) is 0 Å². The number of hydrogen-bond donors (Lipinski definition) is 2. The van der Waals surface area contributed by atoms with E-state index in [0.29, 0.717) is 5.56 Å². The number of rotatable bonds is 4. The molecule has 0 aliphatic rings. The first kappa shape index (κ1) is 16.5. The van der Waals surface area contributed by atoms with Crippen LogP contribution in [0.5, 0.6) is 0 Å². The Morgan fingerprint density at radius 1 is 1.30 bits per heavy atom. The second-order valence-electron chi connectivity index (χ2n) is 5.23. The summed E-state index contributed by atoms with van der Waals surface area (Å²) in [6.45, 7) is 3.77. The molecular weight excluding hydrogens is 303 g/mol. The van der Waals surface area contributed by atoms with Crippen molar-refractivity contribution in [3.05, 3.63) is 35.0 Å². The van der Waals surface area contributed by atoms with Crippen molar-refractivity contribution < 1.29 is 16.8 Å². The number of anilines is 1. The molecule has 0 atom stereocenters. The van der Waals surface area contributed by atoms with Crippen molar-refractivity contribution in [2.75, 3.05) is 12.4 Å². The highest BCUT2D eigenvalue weighted by Crippen LogP contribution is 2.20. The average Bonchev–Trinajstić information content (AvgIpc) is 2.85. The standard InChI is InChI=1S/C14H17FN6O2.2H2/c1-7(2)8-5-10(18-19-11(8)14(23)16-3)17-13(22)9-6-21(4)20-12(9)15;;/h5-7H,1-4H3,(H,16,23)(H,17,18,22);2*1H. The van der Waals surface area contributed by atoms with Gasteiger partial charge < -0.3 is 10.6 Å². The highest BCUT2D eigenvalue weighted by atomic mass is 19.1. The maximum Gasteiger partial charge on any atom is 0.271 e. The van der Waals surface area contributed by atoms with E-state index in [2.05, 4.69) is 25.9 Å². The van der Waals surface area contributed by atoms with Crippen LogP contribution < -0.4 is 10.6 Å². The van der Waals surface area contributed by atoms with Gasteiger partial charge in [-0.15, -0.1) is 15.3 Å². The van der Waals surface area contributed by atoms with E-state index in [4.69, 9.17) is 0 Å². The molecular formula is C14H21FN6O2. The van der Waals surface area contributed by atoms with Crippen molar-refractivity contribution in [1.82, 2.24) is 25.3 Å². The van der Waals surface area contributed by atoms with Crippen LogP contribution in [0.15, 0.2) is 12.3 Å². The van der Waals surface area contributed by atoms with E-state index in [1.54, 1.807) is 6.07 Å². The summed E-state index contributed by atoms with van der Waals surface area (Å²) in [4.78, 5) is 23.8. The first-order chi connectivity index (χ1) is 10.8. The minimum atomic E-state index is -0.871. The molecule has 0 bridgehead atoms. The zero-order chi connectivity index (χ0) is 17.1. The van der Waals surface area contributed by atoms with Gasteiger partial charge in [0.15, 0.2) is 11.5 Å². The van der Waals surface area contributed by atoms with Gasteiger partial charge in [-0.3, -0.25) is 14.3 Å². The first-order valence-corrected chi connectivity index (χ1v) is 6.93. The minimum Gasteiger partial charge on any atom is -0.354 e. The van der Waals surface area contributed by atoms with Gasteiger partial charge in [0, 0.05) is 23.1 Å². The molecule has 0 unspecified atom stereocenters. The number of carbonyl (C=O) groups excluding carboxylic acids is 2. The summed E-state index contributed by atoms with van der Waals surface area (Å²) in [7, 11) is 3.00. The summed E-state index contributed by atoms with van der Waals surface area (Å²) in [6, 6.07) is 1.55. The molecule has 0 aromatic carbocycles. The molecule has 0 aliphatic carbocycles. The molecule has 126 valence electrons. The van der Waals surface area contributed by atoms with Crippen LogP contribution in [0.1, 0.15) is 49.0 Å². The molecule has 0 spiro atoms. The predicted molar refractivity (Wildman–Crippen MR) is 84.9 cm³/mol. The normalized spacial score (nSPS) is 10.7. The maximum atomic E-state index is 13.5. The Morgan fingerprint density at radius 2 is 2.00 bits per heavy atom. The van der Waals surface area contributed by atoms with E-state index in [-0.39, 0.29) is 31.8 Å². The molecule has 9 heteroatoms. The number of carbonyl (C=O) groups is 2. The van der Waals surface area contributed by atoms with Gasteiger partial charge in [0.2, 0.25) is 5.95 Å². The van der Waals surface area contributed by atoms with Crippen LogP contribution in [0.25, 0.3) is 0 Å². The molecule has 0 saturated heterocycles. The van der Waals surface area contributed by atoms with Gasteiger partial charge in [0.25, 0.3) is 11.8 Å². The second-order valence-corrected chi connectivity index (χ2v) is 5.23. The van der Waals surface area contributed by atoms with Crippen molar-refractivity contribution in [2.24, 2.45) is 7.05 Å². The molecule has 8 nitrogen and oxygen atoms in total. The molecule has 2 rings (SSSR count). The summed E-state index contributed by atoms with van der Waals surface area (Å²) < 4.78 is 14.7. The van der Waals surface area contributed by atoms with Gasteiger partial charge in [0.05, 0.1) is 0 Å². The molecule has 0 saturated carbocycles. The van der Waals surface area contributed by atoms with E-state index in [1.165, 1.54) is 25.0 Å². The van der Waals surface area contributed by atoms with Gasteiger partial charge in [-0.25, -0.2) is 0 Å². The topological polar surface area (TPSA) is 102 Å². The van der Waals surface area contributed by atoms with Crippen LogP contribution in [-0.4, -0.2) is 38.8 Å². The summed E-state index contributed by atoms with van der Waals surface area (Å²) in [6.07, 6.45) is 1.26. The predicted octanol–water partition coefficient (Wildman–Crippen LogP) is 1.58. The Kier molecular flexibility index (Phi) is 4.68. The quantitative estimate of drug-likeness (QED) is 0.889. The van der Waals surface area contributed by atoms with Crippen LogP contribution in [0.4, 0.5) is 10.2 Å². The lowest BCUT2D eigenvalue weighted by molar-refractivity contribution is 0.0955. The number of amides is 2. The van der Waals surface area contributed by atoms with Gasteiger partial charge in [-0.2, -0.15) is 4.39 Å². The zero-order valence-corrected chi connectivity index (χ0v) is 13.2. The SMILES string of the molecule is CNC(=O)c1nnc(NC(=O)c2cn(C)nc2F)cc1C(C)C.[HH].[HH]. The molecule has 2 amide bonds. The Balaban J connectivity index is 0.00000288. The lowest BCUT2D eigenvalue weighted by atomic mass is 10.0. The Bertz CT molecular complexity index is 766. The average molecular weight is 324 g/mol. The molecule has 2 aromatic heterocycles. The monoisotopic (exact) mass is 324 g/mol. The molecule has 2 heterocycles. The van der Waals surface area contributed by atoms with E-state index in [0.717, 1.165) is 0 Å². The number of aryl methyl sites for hydroxylation is 1. The third kappa shape index (κ3) is 3.50. The lowest BCUT2D eigenvalue weighted by Crippen LogP contribution is -2.23. The van der Waals surface area contributed by atoms with E-state index in [1.807, 2.05) is 13.8 Å². The van der Waals surface area contributed by atoms with E-state index < -0.39 is 11.9 Å². The molecule has 23 heavy (non-hydrogen) atoms. The summed E-state index contributed by atoms with van der Waals surface area (Å²) in [5.74, 6) is -1.80. The van der Waals surface area contributed by atoms with Crippen LogP contribution in [0.2, 0.25) is 0 Å². The summed E-state index contributed by atoms with van der Waals surface area (Å²) in [5.41, 5.74) is 0.616. The van der Waals surface area contributed by atoms with Crippen LogP contribution >= 0.6 is 0 Å². The third-order valence-electron chi connectivity index (χ3n) is 3.16. The Labute approximate surface area is 135 Å². The van der Waals surface area contributed by atoms with Gasteiger partial charge in [0.1, 0.15) is 5.56 Å².